The number of para-hydroxylation sites is 1. The molecule has 0 aliphatic carbocycles. The third-order valence-corrected chi connectivity index (χ3v) is 8.72. The third kappa shape index (κ3) is 2.20. The van der Waals surface area contributed by atoms with Gasteiger partial charge < -0.3 is 9.47 Å². The van der Waals surface area contributed by atoms with Gasteiger partial charge in [0.05, 0.1) is 12.3 Å². The first kappa shape index (κ1) is 20.5. The van der Waals surface area contributed by atoms with Gasteiger partial charge >= 0.3 is 11.5 Å². The second-order valence-corrected chi connectivity index (χ2v) is 10.6. The standard InChI is InChI=1S/C35H21N3O2/c1-2-11-23-22(10-1)24-12-3-4-13-26(24)38-30-16-5-7-20-36(30)35-32-27(39-29-19-18-25(23)34(38)33(29)35)14-9-15-28(32)40-31-17-6-8-21-37(31)35/h1-21H/q+2. The van der Waals surface area contributed by atoms with E-state index in [9.17, 15) is 0 Å². The number of rotatable bonds is 0. The second kappa shape index (κ2) is 6.96. The topological polar surface area (TPSA) is 29.5 Å². The summed E-state index contributed by atoms with van der Waals surface area (Å²) >= 11 is 0. The Kier molecular flexibility index (Phi) is 3.57. The molecule has 10 rings (SSSR count). The van der Waals surface area contributed by atoms with Crippen molar-refractivity contribution in [2.75, 3.05) is 4.90 Å². The van der Waals surface area contributed by atoms with Crippen molar-refractivity contribution in [2.24, 2.45) is 0 Å². The molecular formula is C35H21N3O2+2. The lowest BCUT2D eigenvalue weighted by Gasteiger charge is -2.42. The van der Waals surface area contributed by atoms with Crippen molar-refractivity contribution in [1.82, 2.24) is 0 Å². The SMILES string of the molecule is c1cc2c3c(c1)Oc1cccc[n+]1C31c3c(ccc4c3N(c3ccccc3-c3ccccc3-4)c3cccc[n+]31)O2. The predicted octanol–water partition coefficient (Wildman–Crippen LogP) is 7.20. The summed E-state index contributed by atoms with van der Waals surface area (Å²) in [4.78, 5) is 2.42. The highest BCUT2D eigenvalue weighted by Gasteiger charge is 2.68. The van der Waals surface area contributed by atoms with Crippen LogP contribution in [0.2, 0.25) is 0 Å². The molecule has 0 saturated carbocycles. The van der Waals surface area contributed by atoms with Crippen LogP contribution in [0, 0.1) is 0 Å². The number of hydrogen-bond acceptors (Lipinski definition) is 3. The summed E-state index contributed by atoms with van der Waals surface area (Å²) < 4.78 is 17.9. The molecule has 5 nitrogen and oxygen atoms in total. The van der Waals surface area contributed by atoms with Crippen LogP contribution in [0.1, 0.15) is 11.1 Å². The predicted molar refractivity (Wildman–Crippen MR) is 151 cm³/mol. The molecule has 0 bridgehead atoms. The summed E-state index contributed by atoms with van der Waals surface area (Å²) in [6, 6.07) is 40.5. The molecule has 6 heterocycles. The molecule has 4 aromatic carbocycles. The van der Waals surface area contributed by atoms with E-state index in [0.717, 1.165) is 51.4 Å². The highest BCUT2D eigenvalue weighted by molar-refractivity contribution is 6.04. The average Bonchev–Trinajstić information content (AvgIpc) is 3.14. The Morgan fingerprint density at radius 3 is 2.05 bits per heavy atom. The highest BCUT2D eigenvalue weighted by Crippen LogP contribution is 2.62. The van der Waals surface area contributed by atoms with Gasteiger partial charge in [0, 0.05) is 23.3 Å². The Bertz CT molecular complexity index is 2090. The Labute approximate surface area is 230 Å². The van der Waals surface area contributed by atoms with Gasteiger partial charge in [0.1, 0.15) is 17.2 Å². The molecule has 1 atom stereocenters. The zero-order valence-electron chi connectivity index (χ0n) is 21.3. The summed E-state index contributed by atoms with van der Waals surface area (Å²) in [5.74, 6) is 4.30. The lowest BCUT2D eigenvalue weighted by atomic mass is 9.80. The number of aromatic nitrogens is 2. The Morgan fingerprint density at radius 2 is 1.18 bits per heavy atom. The van der Waals surface area contributed by atoms with Crippen molar-refractivity contribution >= 4 is 17.2 Å². The maximum absolute atomic E-state index is 6.75. The molecule has 0 fully saturated rings. The van der Waals surface area contributed by atoms with Crippen LogP contribution in [0.4, 0.5) is 17.2 Å². The number of benzene rings is 4. The third-order valence-electron chi connectivity index (χ3n) is 8.72. The first-order valence-electron chi connectivity index (χ1n) is 13.5. The van der Waals surface area contributed by atoms with E-state index in [1.165, 1.54) is 22.3 Å². The molecule has 186 valence electrons. The minimum Gasteiger partial charge on any atom is -0.455 e. The normalized spacial score (nSPS) is 17.4. The molecule has 4 aliphatic heterocycles. The van der Waals surface area contributed by atoms with E-state index in [1.54, 1.807) is 0 Å². The van der Waals surface area contributed by atoms with Gasteiger partial charge in [0.25, 0.3) is 5.82 Å². The van der Waals surface area contributed by atoms with Gasteiger partial charge in [0.2, 0.25) is 0 Å². The maximum Gasteiger partial charge on any atom is 0.380 e. The fraction of sp³-hybridized carbons (Fsp3) is 0.0286. The van der Waals surface area contributed by atoms with Crippen LogP contribution in [-0.2, 0) is 5.66 Å². The highest BCUT2D eigenvalue weighted by atomic mass is 16.5. The number of ether oxygens (including phenoxy) is 2. The number of fused-ring (bicyclic) bond motifs is 8. The van der Waals surface area contributed by atoms with Crippen LogP contribution in [0.3, 0.4) is 0 Å². The van der Waals surface area contributed by atoms with Crippen molar-refractivity contribution in [3.05, 3.63) is 139 Å². The molecular weight excluding hydrogens is 494 g/mol. The summed E-state index contributed by atoms with van der Waals surface area (Å²) in [6.07, 6.45) is 4.32. The lowest BCUT2D eigenvalue weighted by molar-refractivity contribution is -0.970. The molecule has 0 saturated heterocycles. The van der Waals surface area contributed by atoms with Gasteiger partial charge in [-0.25, -0.2) is 0 Å². The number of anilines is 3. The number of hydrogen-bond donors (Lipinski definition) is 0. The van der Waals surface area contributed by atoms with E-state index in [4.69, 9.17) is 9.47 Å². The maximum atomic E-state index is 6.75. The number of nitrogens with zero attached hydrogens (tertiary/aromatic N) is 3. The summed E-state index contributed by atoms with van der Waals surface area (Å²) in [6.45, 7) is 0. The van der Waals surface area contributed by atoms with E-state index in [-0.39, 0.29) is 0 Å². The summed E-state index contributed by atoms with van der Waals surface area (Å²) in [5, 5.41) is 0. The molecule has 5 heteroatoms. The van der Waals surface area contributed by atoms with Crippen molar-refractivity contribution < 1.29 is 18.6 Å². The lowest BCUT2D eigenvalue weighted by Crippen LogP contribution is -2.78. The van der Waals surface area contributed by atoms with Crippen LogP contribution in [0.15, 0.2) is 128 Å². The van der Waals surface area contributed by atoms with Crippen LogP contribution in [0.25, 0.3) is 22.3 Å². The summed E-state index contributed by atoms with van der Waals surface area (Å²) in [7, 11) is 0. The van der Waals surface area contributed by atoms with Gasteiger partial charge in [-0.2, -0.15) is 9.47 Å². The average molecular weight is 516 g/mol. The van der Waals surface area contributed by atoms with Crippen molar-refractivity contribution in [3.8, 4) is 45.4 Å². The van der Waals surface area contributed by atoms with E-state index >= 15 is 0 Å². The van der Waals surface area contributed by atoms with E-state index < -0.39 is 5.66 Å². The van der Waals surface area contributed by atoms with Crippen LogP contribution in [0.5, 0.6) is 23.1 Å². The van der Waals surface area contributed by atoms with Crippen LogP contribution < -0.4 is 23.5 Å². The minimum absolute atomic E-state index is 0.763. The Morgan fingerprint density at radius 1 is 0.500 bits per heavy atom. The van der Waals surface area contributed by atoms with Crippen molar-refractivity contribution in [2.45, 2.75) is 5.66 Å². The molecule has 1 unspecified atom stereocenters. The quantitative estimate of drug-likeness (QED) is 0.200. The van der Waals surface area contributed by atoms with Gasteiger partial charge in [0.15, 0.2) is 28.8 Å². The molecule has 0 amide bonds. The smallest absolute Gasteiger partial charge is 0.380 e. The van der Waals surface area contributed by atoms with Gasteiger partial charge in [-0.1, -0.05) is 54.6 Å². The molecule has 1 spiro atoms. The van der Waals surface area contributed by atoms with Crippen LogP contribution in [-0.4, -0.2) is 0 Å². The zero-order chi connectivity index (χ0) is 26.0. The monoisotopic (exact) mass is 515 g/mol. The van der Waals surface area contributed by atoms with Gasteiger partial charge in [-0.15, -0.1) is 4.57 Å². The van der Waals surface area contributed by atoms with Gasteiger partial charge in [-0.3, -0.25) is 0 Å². The van der Waals surface area contributed by atoms with E-state index in [2.05, 4.69) is 111 Å². The van der Waals surface area contributed by atoms with Crippen molar-refractivity contribution in [1.29, 1.82) is 0 Å². The van der Waals surface area contributed by atoms with Crippen molar-refractivity contribution in [3.63, 3.8) is 0 Å². The Balaban J connectivity index is 1.49. The van der Waals surface area contributed by atoms with Gasteiger partial charge in [-0.05, 0) is 53.6 Å². The first-order valence-corrected chi connectivity index (χ1v) is 13.5. The minimum atomic E-state index is -0.763. The fourth-order valence-corrected chi connectivity index (χ4v) is 7.30. The second-order valence-electron chi connectivity index (χ2n) is 10.6. The molecule has 0 radical (unpaired) electrons. The molecule has 2 aromatic heterocycles. The fourth-order valence-electron chi connectivity index (χ4n) is 7.30. The van der Waals surface area contributed by atoms with Crippen LogP contribution >= 0.6 is 0 Å². The first-order chi connectivity index (χ1) is 19.9. The molecule has 6 aromatic rings. The molecule has 40 heavy (non-hydrogen) atoms. The largest absolute Gasteiger partial charge is 0.455 e. The molecule has 4 aliphatic rings. The van der Waals surface area contributed by atoms with E-state index in [0.29, 0.717) is 0 Å². The molecule has 0 N–H and O–H groups in total. The summed E-state index contributed by atoms with van der Waals surface area (Å²) in [5.41, 5.74) is 8.41. The zero-order valence-corrected chi connectivity index (χ0v) is 21.3. The Hall–Kier alpha value is -5.42. The number of pyridine rings is 2. The van der Waals surface area contributed by atoms with E-state index in [1.807, 2.05) is 30.3 Å².